The van der Waals surface area contributed by atoms with Crippen LogP contribution in [0, 0.1) is 0 Å². The highest BCUT2D eigenvalue weighted by Crippen LogP contribution is 2.16. The molecule has 0 radical (unpaired) electrons. The fraction of sp³-hybridized carbons (Fsp3) is 0.500. The third-order valence-electron chi connectivity index (χ3n) is 5.37. The zero-order chi connectivity index (χ0) is 20.1. The Kier molecular flexibility index (Phi) is 6.04. The Morgan fingerprint density at radius 3 is 2.66 bits per heavy atom. The molecule has 1 atom stereocenters. The van der Waals surface area contributed by atoms with Crippen LogP contribution in [0.15, 0.2) is 41.7 Å². The van der Waals surface area contributed by atoms with Gasteiger partial charge in [0.15, 0.2) is 11.8 Å². The molecule has 0 bridgehead atoms. The number of piperazine rings is 1. The van der Waals surface area contributed by atoms with Gasteiger partial charge < -0.3 is 19.9 Å². The van der Waals surface area contributed by atoms with Crippen LogP contribution in [-0.4, -0.2) is 82.4 Å². The monoisotopic (exact) mass is 397 g/mol. The number of ether oxygens (including phenoxy) is 1. The van der Waals surface area contributed by atoms with E-state index in [4.69, 9.17) is 4.74 Å². The van der Waals surface area contributed by atoms with Crippen LogP contribution in [0.3, 0.4) is 0 Å². The van der Waals surface area contributed by atoms with Gasteiger partial charge in [-0.25, -0.2) is 0 Å². The number of benzene rings is 1. The second-order valence-corrected chi connectivity index (χ2v) is 7.17. The average molecular weight is 397 g/mol. The standard InChI is InChI=1S/C20H27N7O2/c1-21-20(22-14-18-24-23-15-27(18)16-6-3-2-4-7-16)26-11-9-25(10-12-26)19(28)17-8-5-13-29-17/h2-4,6-7,15,17H,5,8-14H2,1H3,(H,21,22). The number of para-hydroxylation sites is 1. The zero-order valence-electron chi connectivity index (χ0n) is 16.7. The summed E-state index contributed by atoms with van der Waals surface area (Å²) in [6, 6.07) is 10.0. The number of carbonyl (C=O) groups excluding carboxylic acids is 1. The summed E-state index contributed by atoms with van der Waals surface area (Å²) in [7, 11) is 1.77. The van der Waals surface area contributed by atoms with Crippen LogP contribution in [-0.2, 0) is 16.1 Å². The quantitative estimate of drug-likeness (QED) is 0.603. The summed E-state index contributed by atoms with van der Waals surface area (Å²) < 4.78 is 7.49. The molecule has 2 fully saturated rings. The van der Waals surface area contributed by atoms with E-state index < -0.39 is 0 Å². The number of nitrogens with zero attached hydrogens (tertiary/aromatic N) is 6. The lowest BCUT2D eigenvalue weighted by atomic mass is 10.2. The maximum Gasteiger partial charge on any atom is 0.251 e. The number of aliphatic imine (C=N–C) groups is 1. The molecule has 2 aliphatic heterocycles. The lowest BCUT2D eigenvalue weighted by Gasteiger charge is -2.37. The molecule has 0 aliphatic carbocycles. The number of hydrogen-bond donors (Lipinski definition) is 1. The summed E-state index contributed by atoms with van der Waals surface area (Å²) in [5.41, 5.74) is 1.02. The minimum Gasteiger partial charge on any atom is -0.368 e. The molecule has 1 unspecified atom stereocenters. The van der Waals surface area contributed by atoms with E-state index in [2.05, 4.69) is 25.4 Å². The number of nitrogens with one attached hydrogen (secondary N) is 1. The Morgan fingerprint density at radius 2 is 1.97 bits per heavy atom. The van der Waals surface area contributed by atoms with Crippen molar-refractivity contribution < 1.29 is 9.53 Å². The second kappa shape index (κ2) is 9.04. The number of aromatic nitrogens is 3. The van der Waals surface area contributed by atoms with Crippen LogP contribution >= 0.6 is 0 Å². The summed E-state index contributed by atoms with van der Waals surface area (Å²) in [6.45, 7) is 4.04. The van der Waals surface area contributed by atoms with Crippen LogP contribution in [0.25, 0.3) is 5.69 Å². The molecule has 1 aromatic heterocycles. The highest BCUT2D eigenvalue weighted by molar-refractivity contribution is 5.82. The van der Waals surface area contributed by atoms with Gasteiger partial charge in [0, 0.05) is 45.5 Å². The Bertz CT molecular complexity index is 838. The van der Waals surface area contributed by atoms with Gasteiger partial charge in [0.1, 0.15) is 12.4 Å². The molecule has 9 nitrogen and oxygen atoms in total. The number of guanidine groups is 1. The first-order valence-corrected chi connectivity index (χ1v) is 10.1. The molecule has 1 amide bonds. The van der Waals surface area contributed by atoms with Gasteiger partial charge in [0.2, 0.25) is 0 Å². The van der Waals surface area contributed by atoms with Crippen molar-refractivity contribution in [2.24, 2.45) is 4.99 Å². The SMILES string of the molecule is CN=C(NCc1nncn1-c1ccccc1)N1CCN(C(=O)C2CCCO2)CC1. The lowest BCUT2D eigenvalue weighted by molar-refractivity contribution is -0.142. The summed E-state index contributed by atoms with van der Waals surface area (Å²) in [5, 5.41) is 11.7. The van der Waals surface area contributed by atoms with Gasteiger partial charge in [-0.3, -0.25) is 14.4 Å². The molecule has 1 aromatic carbocycles. The predicted octanol–water partition coefficient (Wildman–Crippen LogP) is 0.666. The molecular formula is C20H27N7O2. The van der Waals surface area contributed by atoms with Crippen molar-refractivity contribution in [3.05, 3.63) is 42.5 Å². The molecule has 2 aliphatic rings. The fourth-order valence-electron chi connectivity index (χ4n) is 3.79. The fourth-order valence-corrected chi connectivity index (χ4v) is 3.79. The van der Waals surface area contributed by atoms with E-state index in [1.54, 1.807) is 13.4 Å². The molecule has 0 spiro atoms. The topological polar surface area (TPSA) is 87.9 Å². The zero-order valence-corrected chi connectivity index (χ0v) is 16.7. The first kappa shape index (κ1) is 19.4. The summed E-state index contributed by atoms with van der Waals surface area (Å²) >= 11 is 0. The molecular weight excluding hydrogens is 370 g/mol. The Morgan fingerprint density at radius 1 is 1.21 bits per heavy atom. The molecule has 3 heterocycles. The normalized spacial score (nSPS) is 20.2. The third-order valence-corrected chi connectivity index (χ3v) is 5.37. The maximum absolute atomic E-state index is 12.5. The van der Waals surface area contributed by atoms with Gasteiger partial charge in [-0.05, 0) is 25.0 Å². The minimum absolute atomic E-state index is 0.126. The molecule has 154 valence electrons. The highest BCUT2D eigenvalue weighted by atomic mass is 16.5. The van der Waals surface area contributed by atoms with E-state index in [1.165, 1.54) is 0 Å². The highest BCUT2D eigenvalue weighted by Gasteiger charge is 2.30. The first-order chi connectivity index (χ1) is 14.3. The molecule has 9 heteroatoms. The molecule has 4 rings (SSSR count). The third kappa shape index (κ3) is 4.40. The van der Waals surface area contributed by atoms with Crippen LogP contribution in [0.5, 0.6) is 0 Å². The van der Waals surface area contributed by atoms with Crippen molar-refractivity contribution in [1.82, 2.24) is 29.9 Å². The Labute approximate surface area is 170 Å². The smallest absolute Gasteiger partial charge is 0.251 e. The van der Waals surface area contributed by atoms with Crippen LogP contribution in [0.2, 0.25) is 0 Å². The second-order valence-electron chi connectivity index (χ2n) is 7.17. The van der Waals surface area contributed by atoms with Crippen molar-refractivity contribution in [3.63, 3.8) is 0 Å². The van der Waals surface area contributed by atoms with E-state index in [9.17, 15) is 4.79 Å². The van der Waals surface area contributed by atoms with Gasteiger partial charge in [0.05, 0.1) is 6.54 Å². The summed E-state index contributed by atoms with van der Waals surface area (Å²) in [4.78, 5) is 21.0. The Hall–Kier alpha value is -2.94. The molecule has 2 aromatic rings. The number of hydrogen-bond acceptors (Lipinski definition) is 5. The van der Waals surface area contributed by atoms with Gasteiger partial charge in [-0.1, -0.05) is 18.2 Å². The van der Waals surface area contributed by atoms with Crippen molar-refractivity contribution in [3.8, 4) is 5.69 Å². The summed E-state index contributed by atoms with van der Waals surface area (Å²) in [5.74, 6) is 1.74. The van der Waals surface area contributed by atoms with Crippen LogP contribution < -0.4 is 5.32 Å². The van der Waals surface area contributed by atoms with Crippen molar-refractivity contribution in [2.75, 3.05) is 39.8 Å². The maximum atomic E-state index is 12.5. The van der Waals surface area contributed by atoms with E-state index >= 15 is 0 Å². The molecule has 2 saturated heterocycles. The van der Waals surface area contributed by atoms with Gasteiger partial charge in [0.25, 0.3) is 5.91 Å². The van der Waals surface area contributed by atoms with E-state index in [-0.39, 0.29) is 12.0 Å². The van der Waals surface area contributed by atoms with Gasteiger partial charge >= 0.3 is 0 Å². The van der Waals surface area contributed by atoms with Crippen LogP contribution in [0.1, 0.15) is 18.7 Å². The number of carbonyl (C=O) groups is 1. The number of rotatable bonds is 4. The molecule has 29 heavy (non-hydrogen) atoms. The number of amides is 1. The van der Waals surface area contributed by atoms with Gasteiger partial charge in [-0.2, -0.15) is 0 Å². The van der Waals surface area contributed by atoms with Crippen molar-refractivity contribution >= 4 is 11.9 Å². The van der Waals surface area contributed by atoms with Crippen molar-refractivity contribution in [2.45, 2.75) is 25.5 Å². The largest absolute Gasteiger partial charge is 0.368 e. The van der Waals surface area contributed by atoms with Gasteiger partial charge in [-0.15, -0.1) is 10.2 Å². The molecule has 0 saturated carbocycles. The predicted molar refractivity (Wildman–Crippen MR) is 109 cm³/mol. The summed E-state index contributed by atoms with van der Waals surface area (Å²) in [6.07, 6.45) is 3.28. The minimum atomic E-state index is -0.247. The molecule has 1 N–H and O–H groups in total. The Balaban J connectivity index is 1.32. The van der Waals surface area contributed by atoms with E-state index in [1.807, 2.05) is 39.8 Å². The van der Waals surface area contributed by atoms with Crippen LogP contribution in [0.4, 0.5) is 0 Å². The average Bonchev–Trinajstić information content (AvgIpc) is 3.47. The lowest BCUT2D eigenvalue weighted by Crippen LogP contribution is -2.55. The first-order valence-electron chi connectivity index (χ1n) is 10.1. The van der Waals surface area contributed by atoms with E-state index in [0.29, 0.717) is 26.2 Å². The van der Waals surface area contributed by atoms with E-state index in [0.717, 1.165) is 43.4 Å². The van der Waals surface area contributed by atoms with Crippen molar-refractivity contribution in [1.29, 1.82) is 0 Å².